The van der Waals surface area contributed by atoms with Crippen molar-refractivity contribution in [1.82, 2.24) is 0 Å². The van der Waals surface area contributed by atoms with Crippen LogP contribution in [0.1, 0.15) is 26.7 Å². The molecule has 1 aliphatic rings. The van der Waals surface area contributed by atoms with Crippen molar-refractivity contribution in [3.63, 3.8) is 0 Å². The summed E-state index contributed by atoms with van der Waals surface area (Å²) in [5.74, 6) is 0.904. The third-order valence-corrected chi connectivity index (χ3v) is 2.89. The summed E-state index contributed by atoms with van der Waals surface area (Å²) in [6.07, 6.45) is 2.83. The molecule has 0 aromatic rings. The van der Waals surface area contributed by atoms with Crippen molar-refractivity contribution in [2.24, 2.45) is 5.92 Å². The number of piperidine rings is 1. The Morgan fingerprint density at radius 3 is 2.82 bits per heavy atom. The molecule has 0 saturated carbocycles. The van der Waals surface area contributed by atoms with E-state index in [0.29, 0.717) is 0 Å². The first-order chi connectivity index (χ1) is 5.24. The average molecular weight is 158 g/mol. The summed E-state index contributed by atoms with van der Waals surface area (Å²) in [6.45, 7) is 8.52. The van der Waals surface area contributed by atoms with Crippen LogP contribution in [0.15, 0.2) is 0 Å². The molecular formula is C9H22N2+2. The highest BCUT2D eigenvalue weighted by atomic mass is 15.2. The van der Waals surface area contributed by atoms with Gasteiger partial charge < -0.3 is 10.6 Å². The maximum atomic E-state index is 3.99. The second-order valence-electron chi connectivity index (χ2n) is 4.06. The Morgan fingerprint density at radius 1 is 1.55 bits per heavy atom. The second-order valence-corrected chi connectivity index (χ2v) is 4.06. The molecule has 11 heavy (non-hydrogen) atoms. The van der Waals surface area contributed by atoms with Gasteiger partial charge >= 0.3 is 0 Å². The van der Waals surface area contributed by atoms with Crippen molar-refractivity contribution in [3.8, 4) is 0 Å². The van der Waals surface area contributed by atoms with Crippen molar-refractivity contribution >= 4 is 0 Å². The smallest absolute Gasteiger partial charge is 0.0856 e. The number of hydrogen-bond acceptors (Lipinski definition) is 0. The van der Waals surface area contributed by atoms with Crippen LogP contribution in [-0.2, 0) is 0 Å². The normalized spacial score (nSPS) is 32.7. The molecule has 0 radical (unpaired) electrons. The molecule has 0 bridgehead atoms. The predicted molar refractivity (Wildman–Crippen MR) is 46.3 cm³/mol. The van der Waals surface area contributed by atoms with E-state index in [1.54, 1.807) is 4.90 Å². The van der Waals surface area contributed by atoms with Crippen LogP contribution in [0.2, 0.25) is 0 Å². The van der Waals surface area contributed by atoms with Gasteiger partial charge in [0.1, 0.15) is 0 Å². The summed E-state index contributed by atoms with van der Waals surface area (Å²) in [6, 6.07) is 0.810. The molecular weight excluding hydrogens is 136 g/mol. The summed E-state index contributed by atoms with van der Waals surface area (Å²) in [5.41, 5.74) is 3.99. The van der Waals surface area contributed by atoms with Gasteiger partial charge in [-0.2, -0.15) is 0 Å². The van der Waals surface area contributed by atoms with Gasteiger partial charge in [-0.1, -0.05) is 0 Å². The van der Waals surface area contributed by atoms with Crippen molar-refractivity contribution in [3.05, 3.63) is 0 Å². The van der Waals surface area contributed by atoms with E-state index >= 15 is 0 Å². The Balaban J connectivity index is 2.33. The van der Waals surface area contributed by atoms with Crippen LogP contribution < -0.4 is 10.6 Å². The first-order valence-corrected chi connectivity index (χ1v) is 4.88. The molecule has 0 aliphatic carbocycles. The lowest BCUT2D eigenvalue weighted by Gasteiger charge is -2.31. The van der Waals surface area contributed by atoms with E-state index in [1.807, 2.05) is 0 Å². The molecule has 1 aliphatic heterocycles. The minimum atomic E-state index is 0.810. The summed E-state index contributed by atoms with van der Waals surface area (Å²) in [4.78, 5) is 1.78. The third kappa shape index (κ3) is 2.46. The number of hydrogen-bond donors (Lipinski definition) is 2. The van der Waals surface area contributed by atoms with Crippen LogP contribution in [0.5, 0.6) is 0 Å². The topological polar surface area (TPSA) is 32.1 Å². The highest BCUT2D eigenvalue weighted by molar-refractivity contribution is 4.59. The minimum Gasteiger partial charge on any atom is -0.357 e. The molecule has 0 spiro atoms. The van der Waals surface area contributed by atoms with Crippen LogP contribution in [0.25, 0.3) is 0 Å². The van der Waals surface area contributed by atoms with Gasteiger partial charge in [-0.25, -0.2) is 0 Å². The number of nitrogens with one attached hydrogen (secondary N) is 1. The fraction of sp³-hybridized carbons (Fsp3) is 1.00. The Bertz CT molecular complexity index is 112. The molecule has 1 fully saturated rings. The molecule has 2 heteroatoms. The lowest BCUT2D eigenvalue weighted by Crippen LogP contribution is -3.16. The maximum absolute atomic E-state index is 3.99. The van der Waals surface area contributed by atoms with E-state index in [9.17, 15) is 0 Å². The standard InChI is InChI=1S/C9H20N2/c1-8(2)11-5-3-4-9(6-10)7-11/h8-9H,3-7,10H2,1-2H3/p+2/t9-/m1/s1. The van der Waals surface area contributed by atoms with E-state index in [0.717, 1.165) is 18.5 Å². The van der Waals surface area contributed by atoms with E-state index in [-0.39, 0.29) is 0 Å². The predicted octanol–water partition coefficient (Wildman–Crippen LogP) is -1.07. The number of quaternary nitrogens is 2. The Kier molecular flexibility index (Phi) is 3.34. The van der Waals surface area contributed by atoms with Crippen LogP contribution in [0.4, 0.5) is 0 Å². The van der Waals surface area contributed by atoms with Gasteiger partial charge in [0.05, 0.1) is 31.6 Å². The summed E-state index contributed by atoms with van der Waals surface area (Å²) < 4.78 is 0. The molecule has 0 amide bonds. The molecule has 0 aromatic carbocycles. The molecule has 4 N–H and O–H groups in total. The van der Waals surface area contributed by atoms with Gasteiger partial charge in [0.15, 0.2) is 0 Å². The zero-order valence-electron chi connectivity index (χ0n) is 7.90. The van der Waals surface area contributed by atoms with Crippen molar-refractivity contribution in [2.75, 3.05) is 19.6 Å². The number of rotatable bonds is 2. The Morgan fingerprint density at radius 2 is 2.27 bits per heavy atom. The first-order valence-electron chi connectivity index (χ1n) is 4.88. The van der Waals surface area contributed by atoms with E-state index in [1.165, 1.54) is 25.9 Å². The zero-order valence-corrected chi connectivity index (χ0v) is 7.90. The summed E-state index contributed by atoms with van der Waals surface area (Å²) in [7, 11) is 0. The van der Waals surface area contributed by atoms with Gasteiger partial charge in [-0.15, -0.1) is 0 Å². The Hall–Kier alpha value is -0.0800. The molecule has 2 nitrogen and oxygen atoms in total. The van der Waals surface area contributed by atoms with E-state index in [2.05, 4.69) is 19.6 Å². The second kappa shape index (κ2) is 4.07. The van der Waals surface area contributed by atoms with Crippen LogP contribution in [-0.4, -0.2) is 25.7 Å². The molecule has 2 atom stereocenters. The van der Waals surface area contributed by atoms with Gasteiger partial charge in [0, 0.05) is 0 Å². The monoisotopic (exact) mass is 158 g/mol. The molecule has 66 valence electrons. The SMILES string of the molecule is CC(C)[NH+]1CCC[C@H](C[NH3+])C1. The zero-order chi connectivity index (χ0) is 8.27. The largest absolute Gasteiger partial charge is 0.357 e. The van der Waals surface area contributed by atoms with Gasteiger partial charge in [-0.05, 0) is 26.7 Å². The first kappa shape index (κ1) is 9.01. The molecule has 1 unspecified atom stereocenters. The van der Waals surface area contributed by atoms with Crippen molar-refractivity contribution in [1.29, 1.82) is 0 Å². The quantitative estimate of drug-likeness (QED) is 0.513. The maximum Gasteiger partial charge on any atom is 0.0856 e. The van der Waals surface area contributed by atoms with Gasteiger partial charge in [-0.3, -0.25) is 0 Å². The van der Waals surface area contributed by atoms with E-state index < -0.39 is 0 Å². The fourth-order valence-electron chi connectivity index (χ4n) is 1.96. The van der Waals surface area contributed by atoms with Crippen LogP contribution >= 0.6 is 0 Å². The van der Waals surface area contributed by atoms with Crippen LogP contribution in [0, 0.1) is 5.92 Å². The third-order valence-electron chi connectivity index (χ3n) is 2.89. The van der Waals surface area contributed by atoms with Crippen LogP contribution in [0.3, 0.4) is 0 Å². The lowest BCUT2D eigenvalue weighted by atomic mass is 9.97. The van der Waals surface area contributed by atoms with Crippen molar-refractivity contribution < 1.29 is 10.6 Å². The minimum absolute atomic E-state index is 0.810. The Labute approximate surface area is 69.8 Å². The summed E-state index contributed by atoms with van der Waals surface area (Å²) >= 11 is 0. The average Bonchev–Trinajstić information content (AvgIpc) is 2.05. The number of likely N-dealkylation sites (tertiary alicyclic amines) is 1. The molecule has 1 heterocycles. The fourth-order valence-corrected chi connectivity index (χ4v) is 1.96. The van der Waals surface area contributed by atoms with Gasteiger partial charge in [0.2, 0.25) is 0 Å². The summed E-state index contributed by atoms with van der Waals surface area (Å²) in [5, 5.41) is 0. The highest BCUT2D eigenvalue weighted by Gasteiger charge is 2.24. The van der Waals surface area contributed by atoms with E-state index in [4.69, 9.17) is 0 Å². The lowest BCUT2D eigenvalue weighted by molar-refractivity contribution is -0.930. The highest BCUT2D eigenvalue weighted by Crippen LogP contribution is 2.04. The molecule has 1 rings (SSSR count). The molecule has 1 saturated heterocycles. The molecule has 0 aromatic heterocycles. The van der Waals surface area contributed by atoms with Crippen molar-refractivity contribution in [2.45, 2.75) is 32.7 Å². The van der Waals surface area contributed by atoms with Gasteiger partial charge in [0.25, 0.3) is 0 Å².